The predicted octanol–water partition coefficient (Wildman–Crippen LogP) is 2.50. The average molecular weight is 284 g/mol. The van der Waals surface area contributed by atoms with E-state index in [1.165, 1.54) is 0 Å². The molecule has 0 spiro atoms. The van der Waals surface area contributed by atoms with Gasteiger partial charge in [0.05, 0.1) is 0 Å². The molecule has 2 N–H and O–H groups in total. The summed E-state index contributed by atoms with van der Waals surface area (Å²) in [4.78, 5) is 13.3. The lowest BCUT2D eigenvalue weighted by molar-refractivity contribution is -0.112. The van der Waals surface area contributed by atoms with Gasteiger partial charge < -0.3 is 10.6 Å². The lowest BCUT2D eigenvalue weighted by atomic mass is 10.1. The van der Waals surface area contributed by atoms with E-state index >= 15 is 0 Å². The molecule has 102 valence electrons. The number of rotatable bonds is 4. The fourth-order valence-electron chi connectivity index (χ4n) is 1.96. The molecule has 0 fully saturated rings. The fourth-order valence-corrected chi connectivity index (χ4v) is 2.09. The molecule has 0 saturated carbocycles. The molecule has 0 saturated heterocycles. The van der Waals surface area contributed by atoms with E-state index < -0.39 is 5.91 Å². The molecule has 2 aromatic carbocycles. The molecule has 0 aliphatic heterocycles. The number of nitrogens with two attached hydrogens (primary N) is 1. The first kappa shape index (κ1) is 14.2. The highest BCUT2D eigenvalue weighted by Gasteiger charge is 2.15. The van der Waals surface area contributed by atoms with Crippen LogP contribution in [0, 0.1) is 0 Å². The number of hydrogen-bond donors (Lipinski definition) is 1. The van der Waals surface area contributed by atoms with Crippen molar-refractivity contribution in [2.24, 2.45) is 5.73 Å². The summed E-state index contributed by atoms with van der Waals surface area (Å²) in [6, 6.07) is 19.8. The van der Waals surface area contributed by atoms with E-state index in [9.17, 15) is 4.79 Å². The summed E-state index contributed by atoms with van der Waals surface area (Å²) in [7, 11) is 0. The average Bonchev–Trinajstić information content (AvgIpc) is 2.48. The zero-order valence-corrected chi connectivity index (χ0v) is 11.8. The maximum absolute atomic E-state index is 11.4. The molecule has 0 aromatic heterocycles. The maximum atomic E-state index is 11.4. The van der Waals surface area contributed by atoms with Crippen LogP contribution in [0.25, 0.3) is 0 Å². The number of carbonyl (C=O) groups is 1. The van der Waals surface area contributed by atoms with Crippen molar-refractivity contribution in [2.45, 2.75) is 13.1 Å². The molecule has 0 unspecified atom stereocenters. The van der Waals surface area contributed by atoms with Gasteiger partial charge in [-0.2, -0.15) is 0 Å². The van der Waals surface area contributed by atoms with Crippen LogP contribution in [0.5, 0.6) is 0 Å². The number of primary amides is 1. The summed E-state index contributed by atoms with van der Waals surface area (Å²) >= 11 is 5.15. The number of benzene rings is 2. The molecule has 0 bridgehead atoms. The molecule has 20 heavy (non-hydrogen) atoms. The minimum absolute atomic E-state index is 0.165. The Bertz CT molecular complexity index is 542. The van der Waals surface area contributed by atoms with E-state index in [1.807, 2.05) is 65.6 Å². The highest BCUT2D eigenvalue weighted by molar-refractivity contribution is 7.81. The van der Waals surface area contributed by atoms with Gasteiger partial charge >= 0.3 is 0 Å². The molecule has 0 atom stereocenters. The quantitative estimate of drug-likeness (QED) is 0.878. The maximum Gasteiger partial charge on any atom is 0.276 e. The highest BCUT2D eigenvalue weighted by Crippen LogP contribution is 2.11. The van der Waals surface area contributed by atoms with Crippen LogP contribution in [0.3, 0.4) is 0 Å². The molecule has 2 aromatic rings. The van der Waals surface area contributed by atoms with E-state index in [0.717, 1.165) is 11.1 Å². The zero-order chi connectivity index (χ0) is 14.4. The van der Waals surface area contributed by atoms with E-state index in [4.69, 9.17) is 18.0 Å². The van der Waals surface area contributed by atoms with Gasteiger partial charge in [0.15, 0.2) is 4.99 Å². The standard InChI is InChI=1S/C16H16N2OS/c17-15(19)16(20)18(11-13-7-3-1-4-8-13)12-14-9-5-2-6-10-14/h1-10H,11-12H2,(H2,17,19). The molecular formula is C16H16N2OS. The van der Waals surface area contributed by atoms with Crippen molar-refractivity contribution in [2.75, 3.05) is 0 Å². The first-order valence-corrected chi connectivity index (χ1v) is 6.74. The van der Waals surface area contributed by atoms with Gasteiger partial charge in [-0.15, -0.1) is 0 Å². The number of hydrogen-bond acceptors (Lipinski definition) is 2. The number of thiocarbonyl (C=S) groups is 1. The Labute approximate surface area is 124 Å². The second-order valence-corrected chi connectivity index (χ2v) is 4.88. The van der Waals surface area contributed by atoms with Crippen LogP contribution in [0.15, 0.2) is 60.7 Å². The van der Waals surface area contributed by atoms with Crippen molar-refractivity contribution in [3.8, 4) is 0 Å². The van der Waals surface area contributed by atoms with Crippen molar-refractivity contribution in [1.29, 1.82) is 0 Å². The van der Waals surface area contributed by atoms with E-state index in [0.29, 0.717) is 13.1 Å². The van der Waals surface area contributed by atoms with Crippen molar-refractivity contribution < 1.29 is 4.79 Å². The molecule has 0 heterocycles. The third-order valence-electron chi connectivity index (χ3n) is 2.93. The van der Waals surface area contributed by atoms with Crippen LogP contribution in [-0.2, 0) is 17.9 Å². The van der Waals surface area contributed by atoms with Crippen LogP contribution in [0.1, 0.15) is 11.1 Å². The van der Waals surface area contributed by atoms with Gasteiger partial charge in [0, 0.05) is 13.1 Å². The third-order valence-corrected chi connectivity index (χ3v) is 3.39. The Kier molecular flexibility index (Phi) is 4.85. The first-order chi connectivity index (χ1) is 9.66. The normalized spacial score (nSPS) is 10.0. The largest absolute Gasteiger partial charge is 0.364 e. The lowest BCUT2D eigenvalue weighted by Gasteiger charge is -2.23. The number of nitrogens with zero attached hydrogens (tertiary/aromatic N) is 1. The summed E-state index contributed by atoms with van der Waals surface area (Å²) in [6.07, 6.45) is 0. The third kappa shape index (κ3) is 3.90. The SMILES string of the molecule is NC(=O)C(=S)N(Cc1ccccc1)Cc1ccccc1. The Hall–Kier alpha value is -2.20. The Morgan fingerprint density at radius 1 is 0.900 bits per heavy atom. The van der Waals surface area contributed by atoms with Crippen molar-refractivity contribution in [1.82, 2.24) is 4.90 Å². The fraction of sp³-hybridized carbons (Fsp3) is 0.125. The van der Waals surface area contributed by atoms with Crippen molar-refractivity contribution in [3.05, 3.63) is 71.8 Å². The zero-order valence-electron chi connectivity index (χ0n) is 11.0. The first-order valence-electron chi connectivity index (χ1n) is 6.33. The minimum Gasteiger partial charge on any atom is -0.364 e. The van der Waals surface area contributed by atoms with Gasteiger partial charge in [-0.3, -0.25) is 4.79 Å². The molecule has 0 radical (unpaired) electrons. The Morgan fingerprint density at radius 3 is 1.65 bits per heavy atom. The Balaban J connectivity index is 2.17. The summed E-state index contributed by atoms with van der Waals surface area (Å²) in [5, 5.41) is 0. The summed E-state index contributed by atoms with van der Waals surface area (Å²) in [5.41, 5.74) is 7.50. The van der Waals surface area contributed by atoms with Gasteiger partial charge in [-0.05, 0) is 11.1 Å². The van der Waals surface area contributed by atoms with Gasteiger partial charge in [0.1, 0.15) is 0 Å². The summed E-state index contributed by atoms with van der Waals surface area (Å²) in [6.45, 7) is 1.13. The van der Waals surface area contributed by atoms with E-state index in [1.54, 1.807) is 0 Å². The van der Waals surface area contributed by atoms with Crippen LogP contribution in [-0.4, -0.2) is 15.8 Å². The lowest BCUT2D eigenvalue weighted by Crippen LogP contribution is -2.38. The topological polar surface area (TPSA) is 46.3 Å². The minimum atomic E-state index is -0.563. The van der Waals surface area contributed by atoms with Crippen LogP contribution in [0.2, 0.25) is 0 Å². The van der Waals surface area contributed by atoms with Crippen molar-refractivity contribution >= 4 is 23.1 Å². The molecule has 0 aliphatic carbocycles. The number of carbonyl (C=O) groups excluding carboxylic acids is 1. The molecule has 1 amide bonds. The van der Waals surface area contributed by atoms with Gasteiger partial charge in [0.25, 0.3) is 5.91 Å². The summed E-state index contributed by atoms with van der Waals surface area (Å²) < 4.78 is 0. The molecule has 2 rings (SSSR count). The van der Waals surface area contributed by atoms with Crippen LogP contribution >= 0.6 is 12.2 Å². The monoisotopic (exact) mass is 284 g/mol. The van der Waals surface area contributed by atoms with Crippen molar-refractivity contribution in [3.63, 3.8) is 0 Å². The Morgan fingerprint density at radius 2 is 1.30 bits per heavy atom. The van der Waals surface area contributed by atoms with Crippen LogP contribution in [0.4, 0.5) is 0 Å². The second kappa shape index (κ2) is 6.82. The molecular weight excluding hydrogens is 268 g/mol. The second-order valence-electron chi connectivity index (χ2n) is 4.50. The summed E-state index contributed by atoms with van der Waals surface area (Å²) in [5.74, 6) is -0.563. The molecule has 3 nitrogen and oxygen atoms in total. The van der Waals surface area contributed by atoms with Crippen LogP contribution < -0.4 is 5.73 Å². The molecule has 4 heteroatoms. The van der Waals surface area contributed by atoms with Gasteiger partial charge in [0.2, 0.25) is 0 Å². The molecule has 0 aliphatic rings. The van der Waals surface area contributed by atoms with Gasteiger partial charge in [-0.25, -0.2) is 0 Å². The van der Waals surface area contributed by atoms with E-state index in [-0.39, 0.29) is 4.99 Å². The number of amides is 1. The predicted molar refractivity (Wildman–Crippen MR) is 83.9 cm³/mol. The smallest absolute Gasteiger partial charge is 0.276 e. The highest BCUT2D eigenvalue weighted by atomic mass is 32.1. The van der Waals surface area contributed by atoms with Gasteiger partial charge in [-0.1, -0.05) is 72.9 Å². The van der Waals surface area contributed by atoms with E-state index in [2.05, 4.69) is 0 Å².